The van der Waals surface area contributed by atoms with Gasteiger partial charge >= 0.3 is 0 Å². The summed E-state index contributed by atoms with van der Waals surface area (Å²) < 4.78 is 0. The van der Waals surface area contributed by atoms with Gasteiger partial charge < -0.3 is 0 Å². The molecular formula is C13H12N2. The van der Waals surface area contributed by atoms with Crippen LogP contribution in [0.3, 0.4) is 0 Å². The minimum Gasteiger partial charge on any atom is -0.240 e. The Morgan fingerprint density at radius 2 is 1.93 bits per heavy atom. The van der Waals surface area contributed by atoms with Crippen LogP contribution in [-0.2, 0) is 0 Å². The summed E-state index contributed by atoms with van der Waals surface area (Å²) in [5.74, 6) is 0.915. The Morgan fingerprint density at radius 1 is 1.13 bits per heavy atom. The molecule has 0 aromatic heterocycles. The van der Waals surface area contributed by atoms with E-state index in [9.17, 15) is 0 Å². The molecule has 2 nitrogen and oxygen atoms in total. The second-order valence-electron chi connectivity index (χ2n) is 4.44. The van der Waals surface area contributed by atoms with Gasteiger partial charge in [0, 0.05) is 11.8 Å². The molecule has 74 valence electrons. The topological polar surface area (TPSA) is 24.7 Å². The third kappa shape index (κ3) is 1.05. The zero-order valence-electron chi connectivity index (χ0n) is 8.86. The predicted molar refractivity (Wildman–Crippen MR) is 63.8 cm³/mol. The van der Waals surface area contributed by atoms with Crippen molar-refractivity contribution in [2.45, 2.75) is 13.8 Å². The molecule has 0 saturated carbocycles. The maximum absolute atomic E-state index is 4.60. The molecule has 0 aliphatic carbocycles. The molecule has 0 unspecified atom stereocenters. The van der Waals surface area contributed by atoms with E-state index in [2.05, 4.69) is 42.0 Å². The van der Waals surface area contributed by atoms with Crippen LogP contribution < -0.4 is 0 Å². The maximum atomic E-state index is 4.60. The quantitative estimate of drug-likeness (QED) is 0.608. The first kappa shape index (κ1) is 8.60. The van der Waals surface area contributed by atoms with Gasteiger partial charge in [-0.1, -0.05) is 18.2 Å². The second kappa shape index (κ2) is 2.66. The van der Waals surface area contributed by atoms with Crippen LogP contribution in [0.15, 0.2) is 40.3 Å². The molecule has 0 radical (unpaired) electrons. The Labute approximate surface area is 89.1 Å². The van der Waals surface area contributed by atoms with Crippen molar-refractivity contribution in [3.8, 4) is 0 Å². The number of fused-ring (bicyclic) bond motifs is 4. The number of aliphatic imine (C=N–C) groups is 2. The molecule has 0 spiro atoms. The number of dihydropyridines is 1. The molecule has 3 rings (SSSR count). The molecule has 0 amide bonds. The Kier molecular flexibility index (Phi) is 1.52. The van der Waals surface area contributed by atoms with Crippen LogP contribution in [0.4, 0.5) is 5.69 Å². The molecule has 0 N–H and O–H groups in total. The van der Waals surface area contributed by atoms with Gasteiger partial charge in [-0.05, 0) is 31.6 Å². The summed E-state index contributed by atoms with van der Waals surface area (Å²) in [6.45, 7) is 4.34. The van der Waals surface area contributed by atoms with Crippen molar-refractivity contribution >= 4 is 23.3 Å². The minimum atomic E-state index is -0.0525. The maximum Gasteiger partial charge on any atom is 0.138 e. The number of para-hydroxylation sites is 1. The van der Waals surface area contributed by atoms with Crippen LogP contribution in [0.25, 0.3) is 5.57 Å². The molecule has 2 aliphatic rings. The van der Waals surface area contributed by atoms with E-state index in [1.165, 1.54) is 11.1 Å². The fourth-order valence-electron chi connectivity index (χ4n) is 2.18. The Bertz CT molecular complexity index is 519. The van der Waals surface area contributed by atoms with E-state index in [1.54, 1.807) is 0 Å². The Hall–Kier alpha value is -1.70. The zero-order valence-corrected chi connectivity index (χ0v) is 8.86. The summed E-state index contributed by atoms with van der Waals surface area (Å²) >= 11 is 0. The van der Waals surface area contributed by atoms with E-state index < -0.39 is 0 Å². The molecule has 2 heteroatoms. The summed E-state index contributed by atoms with van der Waals surface area (Å²) in [5.41, 5.74) is 3.54. The lowest BCUT2D eigenvalue weighted by molar-refractivity contribution is 0.684. The van der Waals surface area contributed by atoms with Gasteiger partial charge in [-0.2, -0.15) is 0 Å². The summed E-state index contributed by atoms with van der Waals surface area (Å²) in [6, 6.07) is 8.24. The summed E-state index contributed by atoms with van der Waals surface area (Å²) in [6.07, 6.45) is 3.94. The fraction of sp³-hybridized carbons (Fsp3) is 0.231. The molecule has 1 aromatic carbocycles. The zero-order chi connectivity index (χ0) is 10.5. The van der Waals surface area contributed by atoms with Crippen molar-refractivity contribution in [3.63, 3.8) is 0 Å². The second-order valence-corrected chi connectivity index (χ2v) is 4.44. The number of hydrogen-bond acceptors (Lipinski definition) is 2. The van der Waals surface area contributed by atoms with Crippen molar-refractivity contribution in [2.75, 3.05) is 0 Å². The molecule has 2 aliphatic heterocycles. The monoisotopic (exact) mass is 196 g/mol. The number of allylic oxidation sites excluding steroid dienone is 1. The largest absolute Gasteiger partial charge is 0.240 e. The van der Waals surface area contributed by atoms with Crippen LogP contribution in [0.5, 0.6) is 0 Å². The normalized spacial score (nSPS) is 20.4. The highest BCUT2D eigenvalue weighted by atomic mass is 15.0. The highest BCUT2D eigenvalue weighted by molar-refractivity contribution is 6.14. The third-order valence-electron chi connectivity index (χ3n) is 3.09. The highest BCUT2D eigenvalue weighted by Crippen LogP contribution is 2.45. The number of rotatable bonds is 0. The van der Waals surface area contributed by atoms with Crippen LogP contribution >= 0.6 is 0 Å². The van der Waals surface area contributed by atoms with E-state index in [-0.39, 0.29) is 5.41 Å². The molecule has 1 aromatic rings. The third-order valence-corrected chi connectivity index (χ3v) is 3.09. The van der Waals surface area contributed by atoms with E-state index in [0.29, 0.717) is 0 Å². The Morgan fingerprint density at radius 3 is 2.80 bits per heavy atom. The number of hydrogen-bond donors (Lipinski definition) is 0. The molecule has 0 saturated heterocycles. The fourth-order valence-corrected chi connectivity index (χ4v) is 2.18. The van der Waals surface area contributed by atoms with Crippen molar-refractivity contribution in [1.29, 1.82) is 0 Å². The lowest BCUT2D eigenvalue weighted by Crippen LogP contribution is -2.29. The summed E-state index contributed by atoms with van der Waals surface area (Å²) in [7, 11) is 0. The van der Waals surface area contributed by atoms with Crippen LogP contribution in [-0.4, -0.2) is 12.1 Å². The lowest BCUT2D eigenvalue weighted by atomic mass is 9.75. The van der Waals surface area contributed by atoms with E-state index in [0.717, 1.165) is 11.5 Å². The van der Waals surface area contributed by atoms with Crippen molar-refractivity contribution in [3.05, 3.63) is 35.9 Å². The SMILES string of the molecule is CC1(C)C2=CC=NC1=Nc1ccccc12. The van der Waals surface area contributed by atoms with Gasteiger partial charge in [0.25, 0.3) is 0 Å². The van der Waals surface area contributed by atoms with E-state index >= 15 is 0 Å². The van der Waals surface area contributed by atoms with Gasteiger partial charge in [0.15, 0.2) is 0 Å². The van der Waals surface area contributed by atoms with Gasteiger partial charge in [0.1, 0.15) is 5.84 Å². The van der Waals surface area contributed by atoms with E-state index in [4.69, 9.17) is 0 Å². The first-order valence-corrected chi connectivity index (χ1v) is 5.13. The van der Waals surface area contributed by atoms with Crippen molar-refractivity contribution in [2.24, 2.45) is 15.4 Å². The molecule has 15 heavy (non-hydrogen) atoms. The van der Waals surface area contributed by atoms with Crippen LogP contribution in [0.2, 0.25) is 0 Å². The van der Waals surface area contributed by atoms with Crippen molar-refractivity contribution < 1.29 is 0 Å². The number of benzene rings is 1. The standard InChI is InChI=1S/C13H12N2/c1-13(2)10-7-8-14-12(13)15-11-6-4-3-5-9(10)11/h3-8H,1-2H3. The summed E-state index contributed by atoms with van der Waals surface area (Å²) in [5, 5.41) is 0. The van der Waals surface area contributed by atoms with E-state index in [1.807, 2.05) is 18.3 Å². The summed E-state index contributed by atoms with van der Waals surface area (Å²) in [4.78, 5) is 8.95. The van der Waals surface area contributed by atoms with Gasteiger partial charge in [-0.3, -0.25) is 0 Å². The average Bonchev–Trinajstić information content (AvgIpc) is 2.17. The number of nitrogens with zero attached hydrogens (tertiary/aromatic N) is 2. The van der Waals surface area contributed by atoms with Gasteiger partial charge in [-0.15, -0.1) is 0 Å². The first-order valence-electron chi connectivity index (χ1n) is 5.13. The lowest BCUT2D eigenvalue weighted by Gasteiger charge is -2.34. The van der Waals surface area contributed by atoms with Crippen LogP contribution in [0.1, 0.15) is 19.4 Å². The van der Waals surface area contributed by atoms with Gasteiger partial charge in [0.05, 0.1) is 11.1 Å². The van der Waals surface area contributed by atoms with Crippen LogP contribution in [0, 0.1) is 5.41 Å². The molecule has 0 fully saturated rings. The highest BCUT2D eigenvalue weighted by Gasteiger charge is 2.36. The molecule has 2 bridgehead atoms. The molecular weight excluding hydrogens is 184 g/mol. The molecule has 0 atom stereocenters. The van der Waals surface area contributed by atoms with Gasteiger partial charge in [0.2, 0.25) is 0 Å². The van der Waals surface area contributed by atoms with Crippen molar-refractivity contribution in [1.82, 2.24) is 0 Å². The Balaban J connectivity index is 2.36. The first-order chi connectivity index (χ1) is 7.19. The smallest absolute Gasteiger partial charge is 0.138 e. The predicted octanol–water partition coefficient (Wildman–Crippen LogP) is 3.22. The van der Waals surface area contributed by atoms with Gasteiger partial charge in [-0.25, -0.2) is 9.98 Å². The number of amidine groups is 1. The average molecular weight is 196 g/mol. The minimum absolute atomic E-state index is 0.0525. The molecule has 2 heterocycles.